The number of amides is 4. The normalized spacial score (nSPS) is 14.4. The molecule has 4 rings (SSSR count). The van der Waals surface area contributed by atoms with Gasteiger partial charge in [0.05, 0.1) is 17.0 Å². The van der Waals surface area contributed by atoms with Crippen molar-refractivity contribution in [1.29, 1.82) is 0 Å². The van der Waals surface area contributed by atoms with Gasteiger partial charge in [0.2, 0.25) is 11.8 Å². The van der Waals surface area contributed by atoms with Crippen molar-refractivity contribution in [1.82, 2.24) is 19.7 Å². The molecule has 0 saturated heterocycles. The zero-order valence-corrected chi connectivity index (χ0v) is 28.6. The van der Waals surface area contributed by atoms with Gasteiger partial charge in [-0.2, -0.15) is 0 Å². The van der Waals surface area contributed by atoms with Gasteiger partial charge in [-0.3, -0.25) is 24.1 Å². The molecule has 3 aromatic rings. The molecule has 0 aliphatic carbocycles. The van der Waals surface area contributed by atoms with Gasteiger partial charge in [0.15, 0.2) is 0 Å². The van der Waals surface area contributed by atoms with Gasteiger partial charge in [-0.25, -0.2) is 8.78 Å². The van der Waals surface area contributed by atoms with Crippen molar-refractivity contribution in [2.45, 2.75) is 52.0 Å². The predicted molar refractivity (Wildman–Crippen MR) is 184 cm³/mol. The molecule has 12 heteroatoms. The van der Waals surface area contributed by atoms with Gasteiger partial charge in [0, 0.05) is 61.3 Å². The summed E-state index contributed by atoms with van der Waals surface area (Å²) in [5, 5.41) is 2.14. The summed E-state index contributed by atoms with van der Waals surface area (Å²) in [5.41, 5.74) is 7.78. The minimum atomic E-state index is -0.592. The fraction of sp³-hybridized carbons (Fsp3) is 0.389. The number of rotatable bonds is 15. The topological polar surface area (TPSA) is 118 Å². The molecular formula is C36H43F2N5O4S. The fourth-order valence-corrected chi connectivity index (χ4v) is 6.51. The molecular weight excluding hydrogens is 636 g/mol. The number of hydrogen-bond donors (Lipinski definition) is 2. The highest BCUT2D eigenvalue weighted by Crippen LogP contribution is 2.41. The molecule has 0 saturated carbocycles. The summed E-state index contributed by atoms with van der Waals surface area (Å²) in [5.74, 6) is -2.46. The molecule has 0 spiro atoms. The molecule has 48 heavy (non-hydrogen) atoms. The maximum Gasteiger partial charge on any atom is 0.253 e. The lowest BCUT2D eigenvalue weighted by Gasteiger charge is -2.41. The first-order valence-electron chi connectivity index (χ1n) is 15.9. The second-order valence-corrected chi connectivity index (χ2v) is 14.1. The van der Waals surface area contributed by atoms with Crippen LogP contribution in [0.1, 0.15) is 51.4 Å². The third-order valence-electron chi connectivity index (χ3n) is 8.06. The van der Waals surface area contributed by atoms with Crippen LogP contribution in [0.25, 0.3) is 11.1 Å². The first-order chi connectivity index (χ1) is 22.8. The molecule has 9 nitrogen and oxygen atoms in total. The van der Waals surface area contributed by atoms with Crippen LogP contribution < -0.4 is 11.1 Å². The maximum atomic E-state index is 15.0. The number of hydrogen-bond acceptors (Lipinski definition) is 6. The van der Waals surface area contributed by atoms with Crippen LogP contribution in [0.15, 0.2) is 72.9 Å². The zero-order chi connectivity index (χ0) is 35.0. The summed E-state index contributed by atoms with van der Waals surface area (Å²) in [6.45, 7) is 9.06. The number of aromatic nitrogens is 1. The van der Waals surface area contributed by atoms with E-state index >= 15 is 4.39 Å². The van der Waals surface area contributed by atoms with Crippen molar-refractivity contribution >= 4 is 35.4 Å². The molecule has 4 amide bonds. The average molecular weight is 680 g/mol. The Morgan fingerprint density at radius 1 is 1.02 bits per heavy atom. The lowest BCUT2D eigenvalue weighted by atomic mass is 9.83. The van der Waals surface area contributed by atoms with Crippen LogP contribution in [0.3, 0.4) is 0 Å². The molecule has 0 bridgehead atoms. The van der Waals surface area contributed by atoms with Crippen LogP contribution in [0.4, 0.5) is 8.78 Å². The number of nitrogens with one attached hydrogen (secondary N) is 1. The number of benzene rings is 2. The standard InChI is InChI=1S/C36H43F2N5O4S/c1-24(35(47)40-16-18-42-31(44)13-14-32(42)45)48-23-33(46)43(17-8-15-39)34(36(2,3)4)30-19-26(28-20-27(37)11-12-29(28)38)22-41(30)21-25-9-6-5-7-10-25/h5-7,9-14,19-20,22,24,34H,8,15-18,21,23,39H2,1-4H3,(H,40,47)/t24?,34-/m0/s1. The summed E-state index contributed by atoms with van der Waals surface area (Å²) in [4.78, 5) is 53.3. The molecule has 2 heterocycles. The molecule has 2 atom stereocenters. The number of halogens is 2. The zero-order valence-electron chi connectivity index (χ0n) is 27.7. The van der Waals surface area contributed by atoms with Crippen molar-refractivity contribution in [2.24, 2.45) is 11.1 Å². The predicted octanol–water partition coefficient (Wildman–Crippen LogP) is 4.91. The van der Waals surface area contributed by atoms with Crippen LogP contribution in [0.2, 0.25) is 0 Å². The monoisotopic (exact) mass is 679 g/mol. The lowest BCUT2D eigenvalue weighted by molar-refractivity contribution is -0.137. The highest BCUT2D eigenvalue weighted by molar-refractivity contribution is 8.01. The smallest absolute Gasteiger partial charge is 0.253 e. The van der Waals surface area contributed by atoms with Gasteiger partial charge in [-0.1, -0.05) is 51.1 Å². The quantitative estimate of drug-likeness (QED) is 0.221. The molecule has 1 aliphatic rings. The van der Waals surface area contributed by atoms with E-state index in [0.717, 1.165) is 28.3 Å². The van der Waals surface area contributed by atoms with E-state index in [1.807, 2.05) is 61.7 Å². The molecule has 0 radical (unpaired) electrons. The van der Waals surface area contributed by atoms with E-state index in [1.165, 1.54) is 30.0 Å². The summed E-state index contributed by atoms with van der Waals surface area (Å²) in [6, 6.07) is 14.4. The molecule has 1 aromatic heterocycles. The SMILES string of the molecule is CC(SCC(=O)N(CCCN)[C@@H](c1cc(-c2cc(F)ccc2F)cn1Cc1ccccc1)C(C)(C)C)C(=O)NCCN1C(=O)C=CC1=O. The van der Waals surface area contributed by atoms with E-state index < -0.39 is 40.2 Å². The van der Waals surface area contributed by atoms with Crippen molar-refractivity contribution in [3.8, 4) is 11.1 Å². The number of imide groups is 1. The molecule has 256 valence electrons. The Morgan fingerprint density at radius 3 is 2.35 bits per heavy atom. The van der Waals surface area contributed by atoms with Gasteiger partial charge >= 0.3 is 0 Å². The van der Waals surface area contributed by atoms with E-state index in [-0.39, 0.29) is 36.2 Å². The van der Waals surface area contributed by atoms with Gasteiger partial charge < -0.3 is 20.5 Å². The maximum absolute atomic E-state index is 15.0. The number of nitrogens with two attached hydrogens (primary N) is 1. The summed E-state index contributed by atoms with van der Waals surface area (Å²) in [6.07, 6.45) is 4.71. The minimum Gasteiger partial charge on any atom is -0.353 e. The Hall–Kier alpha value is -4.29. The Bertz CT molecular complexity index is 1640. The Labute approximate surface area is 284 Å². The molecule has 1 unspecified atom stereocenters. The summed E-state index contributed by atoms with van der Waals surface area (Å²) in [7, 11) is 0. The van der Waals surface area contributed by atoms with Crippen LogP contribution in [-0.2, 0) is 25.7 Å². The Balaban J connectivity index is 1.59. The number of nitrogens with zero attached hydrogens (tertiary/aromatic N) is 3. The van der Waals surface area contributed by atoms with Crippen LogP contribution in [0.5, 0.6) is 0 Å². The van der Waals surface area contributed by atoms with Crippen LogP contribution >= 0.6 is 11.8 Å². The van der Waals surface area contributed by atoms with Gasteiger partial charge in [0.1, 0.15) is 11.6 Å². The van der Waals surface area contributed by atoms with Crippen LogP contribution in [0, 0.1) is 17.0 Å². The largest absolute Gasteiger partial charge is 0.353 e. The number of thioether (sulfide) groups is 1. The van der Waals surface area contributed by atoms with Crippen molar-refractivity contribution in [3.05, 3.63) is 95.8 Å². The second-order valence-electron chi connectivity index (χ2n) is 12.8. The van der Waals surface area contributed by atoms with E-state index in [0.29, 0.717) is 31.6 Å². The highest BCUT2D eigenvalue weighted by Gasteiger charge is 2.37. The fourth-order valence-electron chi connectivity index (χ4n) is 5.71. The van der Waals surface area contributed by atoms with Gasteiger partial charge in [0.25, 0.3) is 11.8 Å². The minimum absolute atomic E-state index is 0.00350. The molecule has 1 aliphatic heterocycles. The Morgan fingerprint density at radius 2 is 1.71 bits per heavy atom. The number of carbonyl (C=O) groups excluding carboxylic acids is 4. The molecule has 2 aromatic carbocycles. The van der Waals surface area contributed by atoms with Crippen molar-refractivity contribution in [3.63, 3.8) is 0 Å². The lowest BCUT2D eigenvalue weighted by Crippen LogP contribution is -2.44. The first kappa shape index (κ1) is 36.5. The number of carbonyl (C=O) groups is 4. The van der Waals surface area contributed by atoms with E-state index in [1.54, 1.807) is 18.0 Å². The third-order valence-corrected chi connectivity index (χ3v) is 9.19. The summed E-state index contributed by atoms with van der Waals surface area (Å²) >= 11 is 1.18. The highest BCUT2D eigenvalue weighted by atomic mass is 32.2. The van der Waals surface area contributed by atoms with Gasteiger partial charge in [-0.05, 0) is 55.1 Å². The molecule has 3 N–H and O–H groups in total. The van der Waals surface area contributed by atoms with Crippen LogP contribution in [-0.4, -0.2) is 75.2 Å². The average Bonchev–Trinajstić information content (AvgIpc) is 3.60. The molecule has 0 fully saturated rings. The second kappa shape index (κ2) is 16.2. The van der Waals surface area contributed by atoms with Gasteiger partial charge in [-0.15, -0.1) is 11.8 Å². The third kappa shape index (κ3) is 9.19. The van der Waals surface area contributed by atoms with E-state index in [9.17, 15) is 23.6 Å². The Kier molecular flexibility index (Phi) is 12.3. The summed E-state index contributed by atoms with van der Waals surface area (Å²) < 4.78 is 31.3. The van der Waals surface area contributed by atoms with E-state index in [2.05, 4.69) is 5.32 Å². The van der Waals surface area contributed by atoms with Crippen molar-refractivity contribution in [2.75, 3.05) is 31.9 Å². The first-order valence-corrected chi connectivity index (χ1v) is 17.0. The van der Waals surface area contributed by atoms with E-state index in [4.69, 9.17) is 5.73 Å². The van der Waals surface area contributed by atoms with Crippen molar-refractivity contribution < 1.29 is 28.0 Å².